The Labute approximate surface area is 118 Å². The van der Waals surface area contributed by atoms with Crippen molar-refractivity contribution in [3.05, 3.63) is 24.5 Å². The van der Waals surface area contributed by atoms with Gasteiger partial charge in [-0.2, -0.15) is 4.31 Å². The predicted molar refractivity (Wildman–Crippen MR) is 73.2 cm³/mol. The molecule has 8 heteroatoms. The number of primary amides is 1. The molecule has 20 heavy (non-hydrogen) atoms. The number of aromatic nitrogens is 1. The first-order chi connectivity index (χ1) is 9.41. The van der Waals surface area contributed by atoms with Crippen LogP contribution >= 0.6 is 0 Å². The zero-order valence-corrected chi connectivity index (χ0v) is 12.1. The fourth-order valence-corrected chi connectivity index (χ4v) is 3.63. The van der Waals surface area contributed by atoms with Crippen molar-refractivity contribution < 1.29 is 13.2 Å². The normalized spacial score (nSPS) is 22.4. The van der Waals surface area contributed by atoms with Gasteiger partial charge in [0, 0.05) is 38.6 Å². The van der Waals surface area contributed by atoms with E-state index in [1.165, 1.54) is 22.8 Å². The minimum Gasteiger partial charge on any atom is -0.369 e. The maximum atomic E-state index is 12.5. The summed E-state index contributed by atoms with van der Waals surface area (Å²) in [5.74, 6) is -0.987. The molecule has 1 aromatic heterocycles. The van der Waals surface area contributed by atoms with Gasteiger partial charge in [0.15, 0.2) is 0 Å². The average Bonchev–Trinajstić information content (AvgIpc) is 2.62. The third kappa shape index (κ3) is 3.14. The minimum absolute atomic E-state index is 0.108. The second-order valence-electron chi connectivity index (χ2n) is 4.91. The van der Waals surface area contributed by atoms with Gasteiger partial charge in [0.1, 0.15) is 4.90 Å². The molecule has 0 saturated carbocycles. The van der Waals surface area contributed by atoms with Gasteiger partial charge < -0.3 is 10.6 Å². The number of nitrogens with two attached hydrogens (primary N) is 1. The van der Waals surface area contributed by atoms with E-state index in [9.17, 15) is 13.2 Å². The lowest BCUT2D eigenvalue weighted by molar-refractivity contribution is -0.122. The number of amides is 1. The SMILES string of the molecule is CN1CCN(S(=O)(=O)c2cccnc2)C[C@@H](C(N)=O)C1. The van der Waals surface area contributed by atoms with Gasteiger partial charge in [-0.1, -0.05) is 0 Å². The Bertz CT molecular complexity index is 576. The van der Waals surface area contributed by atoms with E-state index < -0.39 is 21.8 Å². The van der Waals surface area contributed by atoms with Crippen LogP contribution in [0.25, 0.3) is 0 Å². The van der Waals surface area contributed by atoms with Crippen LogP contribution in [0.3, 0.4) is 0 Å². The molecule has 1 aliphatic rings. The van der Waals surface area contributed by atoms with Gasteiger partial charge in [-0.15, -0.1) is 0 Å². The highest BCUT2D eigenvalue weighted by Crippen LogP contribution is 2.18. The van der Waals surface area contributed by atoms with Crippen LogP contribution in [0.4, 0.5) is 0 Å². The first kappa shape index (κ1) is 14.9. The molecule has 1 aromatic rings. The molecule has 0 aromatic carbocycles. The molecule has 0 radical (unpaired) electrons. The largest absolute Gasteiger partial charge is 0.369 e. The summed E-state index contributed by atoms with van der Waals surface area (Å²) in [6, 6.07) is 3.07. The Kier molecular flexibility index (Phi) is 4.36. The summed E-state index contributed by atoms with van der Waals surface area (Å²) >= 11 is 0. The van der Waals surface area contributed by atoms with Crippen LogP contribution in [0.2, 0.25) is 0 Å². The summed E-state index contributed by atoms with van der Waals surface area (Å²) in [6.07, 6.45) is 2.82. The van der Waals surface area contributed by atoms with Crippen LogP contribution in [0.1, 0.15) is 0 Å². The molecule has 0 unspecified atom stereocenters. The molecule has 1 aliphatic heterocycles. The number of hydrogen-bond acceptors (Lipinski definition) is 5. The van der Waals surface area contributed by atoms with Crippen molar-refractivity contribution in [3.8, 4) is 0 Å². The Morgan fingerprint density at radius 1 is 1.40 bits per heavy atom. The summed E-state index contributed by atoms with van der Waals surface area (Å²) in [5.41, 5.74) is 5.34. The van der Waals surface area contributed by atoms with Crippen LogP contribution in [0.15, 0.2) is 29.4 Å². The molecule has 0 spiro atoms. The van der Waals surface area contributed by atoms with Crippen LogP contribution in [-0.2, 0) is 14.8 Å². The molecule has 0 aliphatic carbocycles. The summed E-state index contributed by atoms with van der Waals surface area (Å²) in [4.78, 5) is 17.3. The lowest BCUT2D eigenvalue weighted by atomic mass is 10.1. The van der Waals surface area contributed by atoms with Crippen LogP contribution in [0.5, 0.6) is 0 Å². The molecule has 1 amide bonds. The quantitative estimate of drug-likeness (QED) is 0.781. The molecular weight excluding hydrogens is 280 g/mol. The lowest BCUT2D eigenvalue weighted by Crippen LogP contribution is -2.40. The summed E-state index contributed by atoms with van der Waals surface area (Å²) in [7, 11) is -1.80. The van der Waals surface area contributed by atoms with Gasteiger partial charge >= 0.3 is 0 Å². The van der Waals surface area contributed by atoms with E-state index in [-0.39, 0.29) is 11.4 Å². The first-order valence-corrected chi connectivity index (χ1v) is 7.73. The highest BCUT2D eigenvalue weighted by atomic mass is 32.2. The van der Waals surface area contributed by atoms with Gasteiger partial charge in [0.05, 0.1) is 5.92 Å². The topological polar surface area (TPSA) is 96.6 Å². The molecule has 2 rings (SSSR count). The molecule has 1 fully saturated rings. The highest BCUT2D eigenvalue weighted by molar-refractivity contribution is 7.89. The second-order valence-corrected chi connectivity index (χ2v) is 6.85. The van der Waals surface area contributed by atoms with Gasteiger partial charge in [-0.3, -0.25) is 9.78 Å². The zero-order chi connectivity index (χ0) is 14.8. The number of rotatable bonds is 3. The summed E-state index contributed by atoms with van der Waals surface area (Å²) < 4.78 is 26.4. The number of carbonyl (C=O) groups is 1. The maximum absolute atomic E-state index is 12.5. The highest BCUT2D eigenvalue weighted by Gasteiger charge is 2.32. The fourth-order valence-electron chi connectivity index (χ4n) is 2.19. The Balaban J connectivity index is 2.29. The number of pyridine rings is 1. The van der Waals surface area contributed by atoms with Crippen molar-refractivity contribution in [3.63, 3.8) is 0 Å². The number of nitrogens with zero attached hydrogens (tertiary/aromatic N) is 3. The van der Waals surface area contributed by atoms with Crippen molar-refractivity contribution in [2.45, 2.75) is 4.90 Å². The Hall–Kier alpha value is -1.51. The Morgan fingerprint density at radius 2 is 2.15 bits per heavy atom. The minimum atomic E-state index is -3.64. The zero-order valence-electron chi connectivity index (χ0n) is 11.3. The Morgan fingerprint density at radius 3 is 2.75 bits per heavy atom. The fraction of sp³-hybridized carbons (Fsp3) is 0.500. The van der Waals surface area contributed by atoms with E-state index in [1.54, 1.807) is 6.07 Å². The van der Waals surface area contributed by atoms with E-state index in [2.05, 4.69) is 4.98 Å². The molecule has 0 bridgehead atoms. The van der Waals surface area contributed by atoms with E-state index in [0.29, 0.717) is 19.6 Å². The van der Waals surface area contributed by atoms with Gasteiger partial charge in [-0.05, 0) is 19.2 Å². The molecule has 1 atom stereocenters. The first-order valence-electron chi connectivity index (χ1n) is 6.29. The molecule has 1 saturated heterocycles. The third-order valence-electron chi connectivity index (χ3n) is 3.36. The number of carbonyl (C=O) groups excluding carboxylic acids is 1. The summed E-state index contributed by atoms with van der Waals surface area (Å²) in [5, 5.41) is 0. The molecular formula is C12H18N4O3S. The predicted octanol–water partition coefficient (Wildman–Crippen LogP) is -0.881. The smallest absolute Gasteiger partial charge is 0.244 e. The number of likely N-dealkylation sites (N-methyl/N-ethyl adjacent to an activating group) is 1. The van der Waals surface area contributed by atoms with Crippen molar-refractivity contribution in [1.82, 2.24) is 14.2 Å². The van der Waals surface area contributed by atoms with Gasteiger partial charge in [0.25, 0.3) is 0 Å². The lowest BCUT2D eigenvalue weighted by Gasteiger charge is -2.21. The van der Waals surface area contributed by atoms with Crippen LogP contribution < -0.4 is 5.73 Å². The van der Waals surface area contributed by atoms with E-state index >= 15 is 0 Å². The van der Waals surface area contributed by atoms with E-state index in [0.717, 1.165) is 0 Å². The molecule has 110 valence electrons. The van der Waals surface area contributed by atoms with Crippen molar-refractivity contribution in [2.24, 2.45) is 11.7 Å². The van der Waals surface area contributed by atoms with Crippen molar-refractivity contribution in [1.29, 1.82) is 0 Å². The molecule has 2 heterocycles. The summed E-state index contributed by atoms with van der Waals surface area (Å²) in [6.45, 7) is 1.46. The maximum Gasteiger partial charge on any atom is 0.244 e. The standard InChI is InChI=1S/C12H18N4O3S/c1-15-5-6-16(9-10(8-15)12(13)17)20(18,19)11-3-2-4-14-7-11/h2-4,7,10H,5-6,8-9H2,1H3,(H2,13,17)/t10-/m0/s1. The molecule has 2 N–H and O–H groups in total. The van der Waals surface area contributed by atoms with Crippen molar-refractivity contribution >= 4 is 15.9 Å². The van der Waals surface area contributed by atoms with Gasteiger partial charge in [0.2, 0.25) is 15.9 Å². The number of sulfonamides is 1. The van der Waals surface area contributed by atoms with E-state index in [4.69, 9.17) is 5.73 Å². The monoisotopic (exact) mass is 298 g/mol. The van der Waals surface area contributed by atoms with E-state index in [1.807, 2.05) is 11.9 Å². The average molecular weight is 298 g/mol. The second kappa shape index (κ2) is 5.86. The van der Waals surface area contributed by atoms with Crippen molar-refractivity contribution in [2.75, 3.05) is 33.2 Å². The number of hydrogen-bond donors (Lipinski definition) is 1. The van der Waals surface area contributed by atoms with Crippen LogP contribution in [0, 0.1) is 5.92 Å². The molecule has 7 nitrogen and oxygen atoms in total. The van der Waals surface area contributed by atoms with Gasteiger partial charge in [-0.25, -0.2) is 8.42 Å². The third-order valence-corrected chi connectivity index (χ3v) is 5.21. The van der Waals surface area contributed by atoms with Crippen LogP contribution in [-0.4, -0.2) is 61.7 Å².